The number of imide groups is 1. The van der Waals surface area contributed by atoms with Crippen molar-refractivity contribution in [3.63, 3.8) is 0 Å². The second-order valence-electron chi connectivity index (χ2n) is 7.04. The number of carbonyl (C=O) groups is 3. The smallest absolute Gasteiger partial charge is 0.261 e. The molecule has 1 aliphatic heterocycles. The maximum atomic E-state index is 12.4. The topological polar surface area (TPSA) is 66.9 Å². The average Bonchev–Trinajstić information content (AvgIpc) is 2.90. The van der Waals surface area contributed by atoms with Crippen LogP contribution in [0.4, 0.5) is 0 Å². The Morgan fingerprint density at radius 3 is 2.14 bits per heavy atom. The Labute approximate surface area is 164 Å². The molecule has 3 rings (SSSR count). The highest BCUT2D eigenvalue weighted by molar-refractivity contribution is 6.21. The SMILES string of the molecule is Cc1cc(C)cc(OCCN(C)C(=O)CCN2C(=O)c3ccccc3C2=O)c1. The van der Waals surface area contributed by atoms with Crippen LogP contribution in [0.3, 0.4) is 0 Å². The molecule has 146 valence electrons. The molecule has 0 radical (unpaired) electrons. The van der Waals surface area contributed by atoms with E-state index in [1.54, 1.807) is 36.2 Å². The zero-order chi connectivity index (χ0) is 20.3. The van der Waals surface area contributed by atoms with Gasteiger partial charge in [-0.25, -0.2) is 0 Å². The Bertz CT molecular complexity index is 867. The lowest BCUT2D eigenvalue weighted by molar-refractivity contribution is -0.130. The van der Waals surface area contributed by atoms with Gasteiger partial charge in [0, 0.05) is 20.0 Å². The van der Waals surface area contributed by atoms with Gasteiger partial charge in [-0.15, -0.1) is 0 Å². The van der Waals surface area contributed by atoms with Crippen LogP contribution in [0.5, 0.6) is 5.75 Å². The van der Waals surface area contributed by atoms with Gasteiger partial charge in [0.25, 0.3) is 11.8 Å². The number of fused-ring (bicyclic) bond motifs is 1. The summed E-state index contributed by atoms with van der Waals surface area (Å²) in [6, 6.07) is 12.7. The Morgan fingerprint density at radius 2 is 1.57 bits per heavy atom. The second-order valence-corrected chi connectivity index (χ2v) is 7.04. The van der Waals surface area contributed by atoms with Crippen LogP contribution >= 0.6 is 0 Å². The number of benzene rings is 2. The van der Waals surface area contributed by atoms with Gasteiger partial charge in [-0.1, -0.05) is 18.2 Å². The molecule has 0 saturated heterocycles. The number of amides is 3. The molecule has 1 aliphatic rings. The lowest BCUT2D eigenvalue weighted by atomic mass is 10.1. The first-order valence-corrected chi connectivity index (χ1v) is 9.27. The fourth-order valence-electron chi connectivity index (χ4n) is 3.28. The summed E-state index contributed by atoms with van der Waals surface area (Å²) in [6.07, 6.45) is 0.0888. The van der Waals surface area contributed by atoms with Crippen LogP contribution in [0.2, 0.25) is 0 Å². The lowest BCUT2D eigenvalue weighted by Crippen LogP contribution is -2.36. The predicted octanol–water partition coefficient (Wildman–Crippen LogP) is 2.83. The molecule has 0 spiro atoms. The molecular formula is C22H24N2O4. The van der Waals surface area contributed by atoms with Crippen LogP contribution in [-0.4, -0.2) is 54.3 Å². The maximum Gasteiger partial charge on any atom is 0.261 e. The third-order valence-corrected chi connectivity index (χ3v) is 4.74. The summed E-state index contributed by atoms with van der Waals surface area (Å²) >= 11 is 0. The van der Waals surface area contributed by atoms with Gasteiger partial charge in [-0.2, -0.15) is 0 Å². The fraction of sp³-hybridized carbons (Fsp3) is 0.318. The molecule has 0 saturated carbocycles. The summed E-state index contributed by atoms with van der Waals surface area (Å²) in [5.41, 5.74) is 3.05. The molecule has 6 heteroatoms. The van der Waals surface area contributed by atoms with Crippen molar-refractivity contribution in [2.45, 2.75) is 20.3 Å². The van der Waals surface area contributed by atoms with Crippen molar-refractivity contribution >= 4 is 17.7 Å². The van der Waals surface area contributed by atoms with Gasteiger partial charge in [0.15, 0.2) is 0 Å². The lowest BCUT2D eigenvalue weighted by Gasteiger charge is -2.19. The molecule has 0 aliphatic carbocycles. The zero-order valence-corrected chi connectivity index (χ0v) is 16.4. The number of likely N-dealkylation sites (N-methyl/N-ethyl adjacent to an activating group) is 1. The second kappa shape index (κ2) is 8.25. The molecule has 0 aromatic heterocycles. The van der Waals surface area contributed by atoms with Crippen LogP contribution in [0.1, 0.15) is 38.3 Å². The molecular weight excluding hydrogens is 356 g/mol. The fourth-order valence-corrected chi connectivity index (χ4v) is 3.28. The minimum atomic E-state index is -0.339. The minimum absolute atomic E-state index is 0.0768. The number of aryl methyl sites for hydroxylation is 2. The van der Waals surface area contributed by atoms with E-state index < -0.39 is 0 Å². The number of nitrogens with zero attached hydrogens (tertiary/aromatic N) is 2. The van der Waals surface area contributed by atoms with E-state index >= 15 is 0 Å². The van der Waals surface area contributed by atoms with Gasteiger partial charge in [-0.3, -0.25) is 19.3 Å². The molecule has 0 unspecified atom stereocenters. The van der Waals surface area contributed by atoms with Gasteiger partial charge in [-0.05, 0) is 49.2 Å². The Kier molecular flexibility index (Phi) is 5.78. The third kappa shape index (κ3) is 4.22. The quantitative estimate of drug-likeness (QED) is 0.693. The van der Waals surface area contributed by atoms with Crippen molar-refractivity contribution in [1.29, 1.82) is 0 Å². The highest BCUT2D eigenvalue weighted by Gasteiger charge is 2.35. The van der Waals surface area contributed by atoms with Crippen molar-refractivity contribution in [2.75, 3.05) is 26.7 Å². The van der Waals surface area contributed by atoms with Gasteiger partial charge < -0.3 is 9.64 Å². The van der Waals surface area contributed by atoms with E-state index in [1.807, 2.05) is 26.0 Å². The Balaban J connectivity index is 1.47. The molecule has 2 aromatic carbocycles. The summed E-state index contributed by atoms with van der Waals surface area (Å²) in [6.45, 7) is 4.89. The van der Waals surface area contributed by atoms with E-state index in [1.165, 1.54) is 0 Å². The van der Waals surface area contributed by atoms with E-state index in [0.29, 0.717) is 24.3 Å². The molecule has 3 amide bonds. The van der Waals surface area contributed by atoms with E-state index in [-0.39, 0.29) is 30.7 Å². The van der Waals surface area contributed by atoms with Gasteiger partial charge >= 0.3 is 0 Å². The minimum Gasteiger partial charge on any atom is -0.492 e. The van der Waals surface area contributed by atoms with Crippen LogP contribution in [0, 0.1) is 13.8 Å². The number of hydrogen-bond acceptors (Lipinski definition) is 4. The Hall–Kier alpha value is -3.15. The molecule has 0 bridgehead atoms. The molecule has 0 N–H and O–H groups in total. The summed E-state index contributed by atoms with van der Waals surface area (Å²) in [5, 5.41) is 0. The highest BCUT2D eigenvalue weighted by atomic mass is 16.5. The van der Waals surface area contributed by atoms with Crippen molar-refractivity contribution in [1.82, 2.24) is 9.80 Å². The maximum absolute atomic E-state index is 12.4. The van der Waals surface area contributed by atoms with Crippen molar-refractivity contribution in [3.05, 3.63) is 64.7 Å². The number of carbonyl (C=O) groups excluding carboxylic acids is 3. The van der Waals surface area contributed by atoms with Gasteiger partial charge in [0.05, 0.1) is 17.7 Å². The average molecular weight is 380 g/mol. The third-order valence-electron chi connectivity index (χ3n) is 4.74. The van der Waals surface area contributed by atoms with Crippen LogP contribution in [0.15, 0.2) is 42.5 Å². The zero-order valence-electron chi connectivity index (χ0n) is 16.4. The highest BCUT2D eigenvalue weighted by Crippen LogP contribution is 2.22. The van der Waals surface area contributed by atoms with E-state index in [2.05, 4.69) is 6.07 Å². The number of hydrogen-bond donors (Lipinski definition) is 0. The van der Waals surface area contributed by atoms with Crippen LogP contribution < -0.4 is 4.74 Å². The molecule has 1 heterocycles. The first-order chi connectivity index (χ1) is 13.4. The first-order valence-electron chi connectivity index (χ1n) is 9.27. The monoisotopic (exact) mass is 380 g/mol. The number of rotatable bonds is 7. The van der Waals surface area contributed by atoms with Crippen molar-refractivity contribution < 1.29 is 19.1 Å². The summed E-state index contributed by atoms with van der Waals surface area (Å²) < 4.78 is 5.73. The van der Waals surface area contributed by atoms with Gasteiger partial charge in [0.1, 0.15) is 12.4 Å². The largest absolute Gasteiger partial charge is 0.492 e. The van der Waals surface area contributed by atoms with E-state index in [9.17, 15) is 14.4 Å². The van der Waals surface area contributed by atoms with E-state index in [0.717, 1.165) is 21.8 Å². The standard InChI is InChI=1S/C22H24N2O4/c1-15-12-16(2)14-17(13-15)28-11-10-23(3)20(25)8-9-24-21(26)18-6-4-5-7-19(18)22(24)27/h4-7,12-14H,8-11H2,1-3H3. The summed E-state index contributed by atoms with van der Waals surface area (Å²) in [4.78, 5) is 39.7. The summed E-state index contributed by atoms with van der Waals surface area (Å²) in [5.74, 6) is -0.0339. The molecule has 6 nitrogen and oxygen atoms in total. The predicted molar refractivity (Wildman–Crippen MR) is 105 cm³/mol. The summed E-state index contributed by atoms with van der Waals surface area (Å²) in [7, 11) is 1.69. The normalized spacial score (nSPS) is 12.9. The number of ether oxygens (including phenoxy) is 1. The van der Waals surface area contributed by atoms with E-state index in [4.69, 9.17) is 4.74 Å². The molecule has 2 aromatic rings. The molecule has 0 fully saturated rings. The van der Waals surface area contributed by atoms with Crippen LogP contribution in [0.25, 0.3) is 0 Å². The molecule has 0 atom stereocenters. The van der Waals surface area contributed by atoms with Crippen molar-refractivity contribution in [2.24, 2.45) is 0 Å². The van der Waals surface area contributed by atoms with Crippen LogP contribution in [-0.2, 0) is 4.79 Å². The van der Waals surface area contributed by atoms with Crippen molar-refractivity contribution in [3.8, 4) is 5.75 Å². The Morgan fingerprint density at radius 1 is 1.00 bits per heavy atom. The first kappa shape index (κ1) is 19.6. The molecule has 28 heavy (non-hydrogen) atoms. The van der Waals surface area contributed by atoms with Gasteiger partial charge in [0.2, 0.25) is 5.91 Å².